The van der Waals surface area contributed by atoms with Crippen molar-refractivity contribution in [3.63, 3.8) is 0 Å². The van der Waals surface area contributed by atoms with Gasteiger partial charge in [-0.15, -0.1) is 0 Å². The zero-order chi connectivity index (χ0) is 17.5. The van der Waals surface area contributed by atoms with Crippen molar-refractivity contribution >= 4 is 6.03 Å². The van der Waals surface area contributed by atoms with Gasteiger partial charge in [0.15, 0.2) is 0 Å². The average molecular weight is 342 g/mol. The number of nitrogens with zero attached hydrogens (tertiary/aromatic N) is 2. The van der Waals surface area contributed by atoms with Gasteiger partial charge >= 0.3 is 6.03 Å². The second-order valence-corrected chi connectivity index (χ2v) is 6.64. The quantitative estimate of drug-likeness (QED) is 0.753. The van der Waals surface area contributed by atoms with Crippen molar-refractivity contribution < 1.29 is 9.90 Å². The van der Waals surface area contributed by atoms with Gasteiger partial charge < -0.3 is 15.7 Å². The lowest BCUT2D eigenvalue weighted by molar-refractivity contribution is 0.167. The highest BCUT2D eigenvalue weighted by Crippen LogP contribution is 2.27. The van der Waals surface area contributed by atoms with Crippen LogP contribution in [0.3, 0.4) is 0 Å². The molecule has 3 atom stereocenters. The second-order valence-electron chi connectivity index (χ2n) is 6.64. The van der Waals surface area contributed by atoms with Crippen molar-refractivity contribution in [3.8, 4) is 0 Å². The Morgan fingerprint density at radius 2 is 2.04 bits per heavy atom. The normalized spacial score (nSPS) is 21.5. The van der Waals surface area contributed by atoms with Gasteiger partial charge in [-0.2, -0.15) is 5.10 Å². The van der Waals surface area contributed by atoms with E-state index in [0.717, 1.165) is 31.2 Å². The molecule has 0 bridgehead atoms. The maximum absolute atomic E-state index is 12.2. The van der Waals surface area contributed by atoms with E-state index in [-0.39, 0.29) is 24.7 Å². The van der Waals surface area contributed by atoms with Crippen LogP contribution in [0.2, 0.25) is 0 Å². The number of amides is 2. The van der Waals surface area contributed by atoms with Crippen LogP contribution in [0.4, 0.5) is 4.79 Å². The fourth-order valence-corrected chi connectivity index (χ4v) is 3.46. The molecule has 1 heterocycles. The van der Waals surface area contributed by atoms with Crippen molar-refractivity contribution in [3.05, 3.63) is 54.4 Å². The van der Waals surface area contributed by atoms with Crippen molar-refractivity contribution in [1.29, 1.82) is 0 Å². The first kappa shape index (κ1) is 17.5. The number of benzene rings is 1. The number of carbonyl (C=O) groups is 1. The second kappa shape index (κ2) is 8.67. The molecule has 134 valence electrons. The lowest BCUT2D eigenvalue weighted by Crippen LogP contribution is -2.49. The summed E-state index contributed by atoms with van der Waals surface area (Å²) in [5, 5.41) is 20.3. The Labute approximate surface area is 148 Å². The van der Waals surface area contributed by atoms with Crippen LogP contribution in [0.25, 0.3) is 0 Å². The molecule has 6 nitrogen and oxygen atoms in total. The molecule has 1 aliphatic rings. The molecule has 0 unspecified atom stereocenters. The van der Waals surface area contributed by atoms with Crippen LogP contribution in [0, 0.1) is 0 Å². The number of rotatable bonds is 6. The lowest BCUT2D eigenvalue weighted by Gasteiger charge is -2.32. The molecule has 2 amide bonds. The number of hydrogen-bond donors (Lipinski definition) is 3. The molecule has 0 aliphatic heterocycles. The van der Waals surface area contributed by atoms with Crippen molar-refractivity contribution in [2.24, 2.45) is 0 Å². The Morgan fingerprint density at radius 3 is 2.80 bits per heavy atom. The molecular weight excluding hydrogens is 316 g/mol. The van der Waals surface area contributed by atoms with Crippen LogP contribution in [-0.2, 0) is 6.42 Å². The summed E-state index contributed by atoms with van der Waals surface area (Å²) in [6.07, 6.45) is 7.88. The average Bonchev–Trinajstić information content (AvgIpc) is 3.16. The summed E-state index contributed by atoms with van der Waals surface area (Å²) in [7, 11) is 0. The summed E-state index contributed by atoms with van der Waals surface area (Å²) in [5.41, 5.74) is 1.06. The van der Waals surface area contributed by atoms with E-state index in [1.54, 1.807) is 6.20 Å². The minimum atomic E-state index is -0.596. The summed E-state index contributed by atoms with van der Waals surface area (Å²) in [6, 6.07) is 11.7. The molecule has 2 aromatic rings. The smallest absolute Gasteiger partial charge is 0.315 e. The molecule has 1 aromatic heterocycles. The summed E-state index contributed by atoms with van der Waals surface area (Å²) in [4.78, 5) is 12.2. The summed E-state index contributed by atoms with van der Waals surface area (Å²) in [5.74, 6) is 0. The van der Waals surface area contributed by atoms with Crippen LogP contribution in [0.15, 0.2) is 48.8 Å². The van der Waals surface area contributed by atoms with Crippen LogP contribution in [0.5, 0.6) is 0 Å². The molecule has 0 radical (unpaired) electrons. The predicted octanol–water partition coefficient (Wildman–Crippen LogP) is 2.27. The number of nitrogens with one attached hydrogen (secondary N) is 2. The van der Waals surface area contributed by atoms with Gasteiger partial charge in [0.2, 0.25) is 0 Å². The number of aliphatic hydroxyl groups is 1. The highest BCUT2D eigenvalue weighted by Gasteiger charge is 2.28. The number of aromatic nitrogens is 2. The topological polar surface area (TPSA) is 79.2 Å². The molecule has 1 saturated carbocycles. The summed E-state index contributed by atoms with van der Waals surface area (Å²) < 4.78 is 1.94. The number of hydrogen-bond acceptors (Lipinski definition) is 3. The molecule has 3 N–H and O–H groups in total. The third-order valence-corrected chi connectivity index (χ3v) is 4.72. The first-order chi connectivity index (χ1) is 12.2. The van der Waals surface area contributed by atoms with Crippen molar-refractivity contribution in [2.45, 2.75) is 50.3 Å². The summed E-state index contributed by atoms with van der Waals surface area (Å²) >= 11 is 0. The first-order valence-electron chi connectivity index (χ1n) is 8.98. The van der Waals surface area contributed by atoms with E-state index in [4.69, 9.17) is 0 Å². The third kappa shape index (κ3) is 5.06. The van der Waals surface area contributed by atoms with E-state index in [2.05, 4.69) is 15.7 Å². The SMILES string of the molecule is O=C(NC[C@H](O)Cc1ccccc1)N[C@@H]1CCCC[C@@H]1n1cccn1. The van der Waals surface area contributed by atoms with Gasteiger partial charge in [0.1, 0.15) is 0 Å². The Balaban J connectivity index is 1.46. The molecular formula is C19H26N4O2. The fraction of sp³-hybridized carbons (Fsp3) is 0.474. The van der Waals surface area contributed by atoms with E-state index in [0.29, 0.717) is 6.42 Å². The van der Waals surface area contributed by atoms with Crippen LogP contribution >= 0.6 is 0 Å². The van der Waals surface area contributed by atoms with Crippen LogP contribution in [-0.4, -0.2) is 39.6 Å². The largest absolute Gasteiger partial charge is 0.391 e. The van der Waals surface area contributed by atoms with Gasteiger partial charge in [-0.05, 0) is 24.5 Å². The summed E-state index contributed by atoms with van der Waals surface area (Å²) in [6.45, 7) is 0.236. The molecule has 1 aliphatic carbocycles. The Morgan fingerprint density at radius 1 is 1.24 bits per heavy atom. The highest BCUT2D eigenvalue weighted by atomic mass is 16.3. The molecule has 0 spiro atoms. The first-order valence-corrected chi connectivity index (χ1v) is 8.98. The standard InChI is InChI=1S/C19H26N4O2/c24-16(13-15-7-2-1-3-8-15)14-20-19(25)22-17-9-4-5-10-18(17)23-12-6-11-21-23/h1-3,6-8,11-12,16-18,24H,4-5,9-10,13-14H2,(H2,20,22,25)/t16-,17-,18+/m1/s1. The van der Waals surface area contributed by atoms with Crippen molar-refractivity contribution in [1.82, 2.24) is 20.4 Å². The zero-order valence-corrected chi connectivity index (χ0v) is 14.3. The third-order valence-electron chi connectivity index (χ3n) is 4.72. The van der Waals surface area contributed by atoms with Crippen molar-refractivity contribution in [2.75, 3.05) is 6.54 Å². The van der Waals surface area contributed by atoms with Gasteiger partial charge in [0.05, 0.1) is 18.2 Å². The Bertz CT molecular complexity index is 645. The molecule has 3 rings (SSSR count). The van der Waals surface area contributed by atoms with Crippen LogP contribution < -0.4 is 10.6 Å². The molecule has 6 heteroatoms. The number of aliphatic hydroxyl groups excluding tert-OH is 1. The molecule has 0 saturated heterocycles. The number of urea groups is 1. The lowest BCUT2D eigenvalue weighted by atomic mass is 9.90. The van der Waals surface area contributed by atoms with E-state index < -0.39 is 6.10 Å². The van der Waals surface area contributed by atoms with Gasteiger partial charge in [-0.1, -0.05) is 43.2 Å². The van der Waals surface area contributed by atoms with E-state index in [1.165, 1.54) is 0 Å². The fourth-order valence-electron chi connectivity index (χ4n) is 3.46. The monoisotopic (exact) mass is 342 g/mol. The molecule has 25 heavy (non-hydrogen) atoms. The Hall–Kier alpha value is -2.34. The number of carbonyl (C=O) groups excluding carboxylic acids is 1. The highest BCUT2D eigenvalue weighted by molar-refractivity contribution is 5.74. The minimum Gasteiger partial charge on any atom is -0.391 e. The molecule has 1 fully saturated rings. The molecule has 1 aromatic carbocycles. The van der Waals surface area contributed by atoms with Gasteiger partial charge in [0, 0.05) is 25.4 Å². The van der Waals surface area contributed by atoms with Crippen LogP contribution in [0.1, 0.15) is 37.3 Å². The maximum atomic E-state index is 12.2. The van der Waals surface area contributed by atoms with E-state index >= 15 is 0 Å². The zero-order valence-electron chi connectivity index (χ0n) is 14.3. The predicted molar refractivity (Wildman–Crippen MR) is 96.2 cm³/mol. The van der Waals surface area contributed by atoms with Gasteiger partial charge in [0.25, 0.3) is 0 Å². The van der Waals surface area contributed by atoms with Gasteiger partial charge in [-0.3, -0.25) is 4.68 Å². The Kier molecular flexibility index (Phi) is 6.06. The van der Waals surface area contributed by atoms with Gasteiger partial charge in [-0.25, -0.2) is 4.79 Å². The minimum absolute atomic E-state index is 0.0694. The maximum Gasteiger partial charge on any atom is 0.315 e. The van der Waals surface area contributed by atoms with E-state index in [9.17, 15) is 9.90 Å². The van der Waals surface area contributed by atoms with E-state index in [1.807, 2.05) is 47.3 Å².